The third-order valence-corrected chi connectivity index (χ3v) is 1.36. The molecule has 5 heteroatoms. The Morgan fingerprint density at radius 1 is 1.00 bits per heavy atom. The third-order valence-electron chi connectivity index (χ3n) is 1.36. The van der Waals surface area contributed by atoms with Crippen molar-refractivity contribution >= 4 is 0 Å². The summed E-state index contributed by atoms with van der Waals surface area (Å²) >= 11 is 0. The zero-order chi connectivity index (χ0) is 9.83. The molecule has 0 aliphatic carbocycles. The maximum absolute atomic E-state index is 12.4. The molecule has 0 aromatic rings. The molecule has 0 spiro atoms. The zero-order valence-electron chi connectivity index (χ0n) is 6.72. The van der Waals surface area contributed by atoms with E-state index in [1.165, 1.54) is 0 Å². The Balaban J connectivity index is 3.86. The van der Waals surface area contributed by atoms with Gasteiger partial charge in [-0.1, -0.05) is 13.3 Å². The Morgan fingerprint density at radius 2 is 1.50 bits per heavy atom. The minimum atomic E-state index is -4.77. The van der Waals surface area contributed by atoms with Crippen molar-refractivity contribution < 1.29 is 22.0 Å². The highest BCUT2D eigenvalue weighted by Crippen LogP contribution is 2.34. The van der Waals surface area contributed by atoms with Gasteiger partial charge in [0.1, 0.15) is 6.42 Å². The van der Waals surface area contributed by atoms with Gasteiger partial charge in [0, 0.05) is 6.42 Å². The van der Waals surface area contributed by atoms with E-state index >= 15 is 0 Å². The van der Waals surface area contributed by atoms with Crippen LogP contribution in [0.2, 0.25) is 0 Å². The Kier molecular flexibility index (Phi) is 3.93. The van der Waals surface area contributed by atoms with E-state index in [-0.39, 0.29) is 6.42 Å². The van der Waals surface area contributed by atoms with E-state index in [4.69, 9.17) is 0 Å². The first-order valence-electron chi connectivity index (χ1n) is 3.71. The van der Waals surface area contributed by atoms with Crippen LogP contribution in [-0.4, -0.2) is 12.1 Å². The predicted molar refractivity (Wildman–Crippen MR) is 35.1 cm³/mol. The highest BCUT2D eigenvalue weighted by atomic mass is 19.4. The molecule has 0 bridgehead atoms. The van der Waals surface area contributed by atoms with E-state index < -0.39 is 24.9 Å². The van der Waals surface area contributed by atoms with Crippen LogP contribution in [0.25, 0.3) is 0 Å². The van der Waals surface area contributed by atoms with E-state index in [9.17, 15) is 22.0 Å². The van der Waals surface area contributed by atoms with Gasteiger partial charge < -0.3 is 0 Å². The molecule has 0 aliphatic rings. The van der Waals surface area contributed by atoms with Gasteiger partial charge in [-0.3, -0.25) is 0 Å². The number of hydrogen-bond donors (Lipinski definition) is 0. The molecular formula is C7H11F5. The lowest BCUT2D eigenvalue weighted by Gasteiger charge is -2.17. The van der Waals surface area contributed by atoms with Crippen LogP contribution in [0.3, 0.4) is 0 Å². The van der Waals surface area contributed by atoms with Gasteiger partial charge in [-0.25, -0.2) is 8.78 Å². The molecular weight excluding hydrogens is 179 g/mol. The second kappa shape index (κ2) is 4.05. The quantitative estimate of drug-likeness (QED) is 0.592. The van der Waals surface area contributed by atoms with E-state index in [2.05, 4.69) is 0 Å². The molecule has 0 aliphatic heterocycles. The second-order valence-electron chi connectivity index (χ2n) is 2.75. The largest absolute Gasteiger partial charge is 0.394 e. The fourth-order valence-corrected chi connectivity index (χ4v) is 0.817. The summed E-state index contributed by atoms with van der Waals surface area (Å²) in [4.78, 5) is 0. The molecule has 74 valence electrons. The smallest absolute Gasteiger partial charge is 0.207 e. The summed E-state index contributed by atoms with van der Waals surface area (Å²) in [6.07, 6.45) is -6.84. The van der Waals surface area contributed by atoms with Crippen molar-refractivity contribution in [2.24, 2.45) is 0 Å². The van der Waals surface area contributed by atoms with E-state index in [1.807, 2.05) is 0 Å². The van der Waals surface area contributed by atoms with Gasteiger partial charge in [-0.2, -0.15) is 13.2 Å². The van der Waals surface area contributed by atoms with E-state index in [0.29, 0.717) is 6.42 Å². The van der Waals surface area contributed by atoms with E-state index in [0.717, 1.165) is 0 Å². The number of unbranched alkanes of at least 4 members (excludes halogenated alkanes) is 1. The SMILES string of the molecule is CCCCC(F)(F)CC(F)(F)F. The van der Waals surface area contributed by atoms with Crippen LogP contribution in [0.1, 0.15) is 32.6 Å². The molecule has 0 saturated heterocycles. The lowest BCUT2D eigenvalue weighted by Crippen LogP contribution is -2.25. The molecule has 0 aromatic carbocycles. The van der Waals surface area contributed by atoms with Crippen LogP contribution >= 0.6 is 0 Å². The third kappa shape index (κ3) is 6.37. The van der Waals surface area contributed by atoms with Crippen LogP contribution in [0.15, 0.2) is 0 Å². The van der Waals surface area contributed by atoms with Gasteiger partial charge in [-0.15, -0.1) is 0 Å². The minimum absolute atomic E-state index is 0.128. The van der Waals surface area contributed by atoms with Gasteiger partial charge in [-0.05, 0) is 6.42 Å². The molecule has 0 rings (SSSR count). The monoisotopic (exact) mass is 190 g/mol. The first-order chi connectivity index (χ1) is 5.27. The highest BCUT2D eigenvalue weighted by Gasteiger charge is 2.42. The molecule has 0 aromatic heterocycles. The lowest BCUT2D eigenvalue weighted by atomic mass is 10.1. The lowest BCUT2D eigenvalue weighted by molar-refractivity contribution is -0.189. The summed E-state index contributed by atoms with van der Waals surface area (Å²) in [5.74, 6) is -3.59. The summed E-state index contributed by atoms with van der Waals surface area (Å²) in [6, 6.07) is 0. The maximum Gasteiger partial charge on any atom is 0.394 e. The van der Waals surface area contributed by atoms with Gasteiger partial charge in [0.05, 0.1) is 0 Å². The molecule has 0 atom stereocenters. The van der Waals surface area contributed by atoms with Gasteiger partial charge in [0.2, 0.25) is 0 Å². The number of rotatable bonds is 4. The molecule has 12 heavy (non-hydrogen) atoms. The fourth-order valence-electron chi connectivity index (χ4n) is 0.817. The maximum atomic E-state index is 12.4. The molecule has 0 saturated carbocycles. The topological polar surface area (TPSA) is 0 Å². The summed E-state index contributed by atoms with van der Waals surface area (Å²) in [5.41, 5.74) is 0. The van der Waals surface area contributed by atoms with Gasteiger partial charge in [0.25, 0.3) is 5.92 Å². The first kappa shape index (κ1) is 11.6. The molecule has 0 fully saturated rings. The zero-order valence-corrected chi connectivity index (χ0v) is 6.72. The van der Waals surface area contributed by atoms with E-state index in [1.54, 1.807) is 6.92 Å². The minimum Gasteiger partial charge on any atom is -0.207 e. The van der Waals surface area contributed by atoms with Gasteiger partial charge in [0.15, 0.2) is 0 Å². The molecule has 0 radical (unpaired) electrons. The van der Waals surface area contributed by atoms with Crippen LogP contribution < -0.4 is 0 Å². The molecule has 0 N–H and O–H groups in total. The molecule has 0 amide bonds. The Labute approximate surface area is 67.8 Å². The average molecular weight is 190 g/mol. The average Bonchev–Trinajstić information content (AvgIpc) is 1.78. The van der Waals surface area contributed by atoms with Gasteiger partial charge >= 0.3 is 6.18 Å². The van der Waals surface area contributed by atoms with Crippen molar-refractivity contribution in [3.63, 3.8) is 0 Å². The number of hydrogen-bond acceptors (Lipinski definition) is 0. The van der Waals surface area contributed by atoms with Crippen LogP contribution in [-0.2, 0) is 0 Å². The van der Waals surface area contributed by atoms with Crippen LogP contribution in [0, 0.1) is 0 Å². The highest BCUT2D eigenvalue weighted by molar-refractivity contribution is 4.70. The summed E-state index contributed by atoms with van der Waals surface area (Å²) in [6.45, 7) is 1.66. The van der Waals surface area contributed by atoms with Crippen molar-refractivity contribution in [3.8, 4) is 0 Å². The molecule has 0 nitrogen and oxygen atoms in total. The Morgan fingerprint density at radius 3 is 1.83 bits per heavy atom. The summed E-state index contributed by atoms with van der Waals surface area (Å²) in [7, 11) is 0. The van der Waals surface area contributed by atoms with Crippen molar-refractivity contribution in [1.82, 2.24) is 0 Å². The van der Waals surface area contributed by atoms with Crippen molar-refractivity contribution in [2.75, 3.05) is 0 Å². The number of alkyl halides is 5. The molecule has 0 unspecified atom stereocenters. The predicted octanol–water partition coefficient (Wildman–Crippen LogP) is 3.76. The first-order valence-corrected chi connectivity index (χ1v) is 3.71. The standard InChI is InChI=1S/C7H11F5/c1-2-3-4-6(8,9)5-7(10,11)12/h2-5H2,1H3. The normalized spacial score (nSPS) is 13.5. The summed E-state index contributed by atoms with van der Waals surface area (Å²) < 4.78 is 59.3. The van der Waals surface area contributed by atoms with Crippen molar-refractivity contribution in [3.05, 3.63) is 0 Å². The Bertz CT molecular complexity index is 126. The van der Waals surface area contributed by atoms with Crippen molar-refractivity contribution in [1.29, 1.82) is 0 Å². The van der Waals surface area contributed by atoms with Crippen LogP contribution in [0.4, 0.5) is 22.0 Å². The number of halogens is 5. The summed E-state index contributed by atoms with van der Waals surface area (Å²) in [5, 5.41) is 0. The second-order valence-corrected chi connectivity index (χ2v) is 2.75. The fraction of sp³-hybridized carbons (Fsp3) is 1.00. The Hall–Kier alpha value is -0.350. The molecule has 0 heterocycles. The van der Waals surface area contributed by atoms with Crippen LogP contribution in [0.5, 0.6) is 0 Å². The van der Waals surface area contributed by atoms with Crippen molar-refractivity contribution in [2.45, 2.75) is 44.7 Å².